The minimum absolute atomic E-state index is 0.168. The van der Waals surface area contributed by atoms with Crippen LogP contribution in [-0.4, -0.2) is 36.2 Å². The van der Waals surface area contributed by atoms with Gasteiger partial charge in [0, 0.05) is 24.2 Å². The summed E-state index contributed by atoms with van der Waals surface area (Å²) >= 11 is 0. The number of nitrogens with zero attached hydrogens (tertiary/aromatic N) is 1. The Kier molecular flexibility index (Phi) is 4.32. The first-order chi connectivity index (χ1) is 9.06. The van der Waals surface area contributed by atoms with Gasteiger partial charge in [0.25, 0.3) is 0 Å². The third kappa shape index (κ3) is 2.85. The zero-order valence-electron chi connectivity index (χ0n) is 12.0. The van der Waals surface area contributed by atoms with E-state index in [1.165, 1.54) is 0 Å². The molecule has 4 heteroatoms. The van der Waals surface area contributed by atoms with Crippen molar-refractivity contribution in [2.75, 3.05) is 20.2 Å². The smallest absolute Gasteiger partial charge is 0.120 e. The van der Waals surface area contributed by atoms with Gasteiger partial charge in [0.05, 0.1) is 7.11 Å². The number of benzene rings is 1. The average molecular weight is 264 g/mol. The van der Waals surface area contributed by atoms with Crippen LogP contribution in [0.25, 0.3) is 0 Å². The minimum atomic E-state index is 0.168. The van der Waals surface area contributed by atoms with Crippen LogP contribution in [0.4, 0.5) is 0 Å². The summed E-state index contributed by atoms with van der Waals surface area (Å²) in [7, 11) is 1.64. The first kappa shape index (κ1) is 14.2. The SMILES string of the molecule is COc1ccc(O)c(C(C)N2CC(CN)CC2C)c1. The fourth-order valence-electron chi connectivity index (χ4n) is 3.05. The third-order valence-corrected chi connectivity index (χ3v) is 4.23. The predicted molar refractivity (Wildman–Crippen MR) is 76.4 cm³/mol. The number of hydrogen-bond acceptors (Lipinski definition) is 4. The van der Waals surface area contributed by atoms with Crippen LogP contribution < -0.4 is 10.5 Å². The normalized spacial score (nSPS) is 25.5. The van der Waals surface area contributed by atoms with Crippen molar-refractivity contribution in [3.8, 4) is 11.5 Å². The molecule has 1 aliphatic heterocycles. The van der Waals surface area contributed by atoms with Crippen LogP contribution in [0.15, 0.2) is 18.2 Å². The molecule has 0 saturated carbocycles. The van der Waals surface area contributed by atoms with Gasteiger partial charge in [-0.2, -0.15) is 0 Å². The summed E-state index contributed by atoms with van der Waals surface area (Å²) in [6.45, 7) is 6.08. The molecule has 0 aliphatic carbocycles. The molecule has 19 heavy (non-hydrogen) atoms. The molecule has 3 N–H and O–H groups in total. The molecule has 1 fully saturated rings. The second-order valence-corrected chi connectivity index (χ2v) is 5.48. The van der Waals surface area contributed by atoms with Gasteiger partial charge in [-0.25, -0.2) is 0 Å². The highest BCUT2D eigenvalue weighted by Gasteiger charge is 2.32. The van der Waals surface area contributed by atoms with Crippen molar-refractivity contribution in [3.05, 3.63) is 23.8 Å². The van der Waals surface area contributed by atoms with Crippen molar-refractivity contribution in [1.29, 1.82) is 0 Å². The molecule has 1 aromatic carbocycles. The Morgan fingerprint density at radius 1 is 1.53 bits per heavy atom. The lowest BCUT2D eigenvalue weighted by molar-refractivity contribution is 0.197. The molecule has 0 bridgehead atoms. The van der Waals surface area contributed by atoms with Crippen LogP contribution in [-0.2, 0) is 0 Å². The van der Waals surface area contributed by atoms with Gasteiger partial charge in [0.15, 0.2) is 0 Å². The number of hydrogen-bond donors (Lipinski definition) is 2. The van der Waals surface area contributed by atoms with E-state index >= 15 is 0 Å². The first-order valence-electron chi connectivity index (χ1n) is 6.89. The van der Waals surface area contributed by atoms with Gasteiger partial charge in [-0.05, 0) is 50.9 Å². The summed E-state index contributed by atoms with van der Waals surface area (Å²) in [6.07, 6.45) is 1.13. The molecule has 1 saturated heterocycles. The van der Waals surface area contributed by atoms with E-state index in [4.69, 9.17) is 10.5 Å². The summed E-state index contributed by atoms with van der Waals surface area (Å²) in [5.41, 5.74) is 6.70. The molecule has 0 aromatic heterocycles. The highest BCUT2D eigenvalue weighted by molar-refractivity contribution is 5.41. The lowest BCUT2D eigenvalue weighted by Gasteiger charge is -2.29. The van der Waals surface area contributed by atoms with Crippen molar-refractivity contribution in [2.24, 2.45) is 11.7 Å². The molecule has 4 nitrogen and oxygen atoms in total. The fraction of sp³-hybridized carbons (Fsp3) is 0.600. The number of aromatic hydroxyl groups is 1. The summed E-state index contributed by atoms with van der Waals surface area (Å²) in [6, 6.07) is 6.06. The number of phenolic OH excluding ortho intramolecular Hbond substituents is 1. The fourth-order valence-corrected chi connectivity index (χ4v) is 3.05. The van der Waals surface area contributed by atoms with Gasteiger partial charge in [-0.1, -0.05) is 0 Å². The Bertz CT molecular complexity index is 436. The third-order valence-electron chi connectivity index (χ3n) is 4.23. The molecule has 1 aromatic rings. The summed E-state index contributed by atoms with van der Waals surface area (Å²) in [5, 5.41) is 10.1. The maximum Gasteiger partial charge on any atom is 0.120 e. The topological polar surface area (TPSA) is 58.7 Å². The van der Waals surface area contributed by atoms with Crippen LogP contribution in [0.3, 0.4) is 0 Å². The van der Waals surface area contributed by atoms with Gasteiger partial charge >= 0.3 is 0 Å². The molecular formula is C15H24N2O2. The highest BCUT2D eigenvalue weighted by Crippen LogP contribution is 2.36. The molecule has 1 heterocycles. The minimum Gasteiger partial charge on any atom is -0.508 e. The predicted octanol–water partition coefficient (Wildman–Crippen LogP) is 2.13. The summed E-state index contributed by atoms with van der Waals surface area (Å²) in [5.74, 6) is 1.67. The van der Waals surface area contributed by atoms with Gasteiger partial charge in [0.2, 0.25) is 0 Å². The Morgan fingerprint density at radius 2 is 2.26 bits per heavy atom. The number of ether oxygens (including phenoxy) is 1. The average Bonchev–Trinajstić information content (AvgIpc) is 2.80. The van der Waals surface area contributed by atoms with Gasteiger partial charge in [0.1, 0.15) is 11.5 Å². The monoisotopic (exact) mass is 264 g/mol. The van der Waals surface area contributed by atoms with Crippen molar-refractivity contribution >= 4 is 0 Å². The van der Waals surface area contributed by atoms with Crippen LogP contribution in [0.2, 0.25) is 0 Å². The van der Waals surface area contributed by atoms with Crippen LogP contribution in [0.1, 0.15) is 31.9 Å². The van der Waals surface area contributed by atoms with E-state index < -0.39 is 0 Å². The van der Waals surface area contributed by atoms with Gasteiger partial charge in [-0.3, -0.25) is 4.90 Å². The molecule has 0 spiro atoms. The molecule has 106 valence electrons. The molecule has 0 amide bonds. The maximum absolute atomic E-state index is 10.1. The second kappa shape index (κ2) is 5.80. The van der Waals surface area contributed by atoms with Gasteiger partial charge in [-0.15, -0.1) is 0 Å². The van der Waals surface area contributed by atoms with E-state index in [0.717, 1.165) is 30.8 Å². The van der Waals surface area contributed by atoms with E-state index in [9.17, 15) is 5.11 Å². The van der Waals surface area contributed by atoms with Crippen molar-refractivity contribution in [3.63, 3.8) is 0 Å². The number of rotatable bonds is 4. The maximum atomic E-state index is 10.1. The number of methoxy groups -OCH3 is 1. The van der Waals surface area contributed by atoms with Crippen LogP contribution in [0.5, 0.6) is 11.5 Å². The highest BCUT2D eigenvalue weighted by atomic mass is 16.5. The molecule has 3 atom stereocenters. The van der Waals surface area contributed by atoms with E-state index in [2.05, 4.69) is 18.7 Å². The Labute approximate surface area is 115 Å². The van der Waals surface area contributed by atoms with Crippen LogP contribution >= 0.6 is 0 Å². The quantitative estimate of drug-likeness (QED) is 0.874. The Morgan fingerprint density at radius 3 is 2.84 bits per heavy atom. The van der Waals surface area contributed by atoms with Crippen molar-refractivity contribution < 1.29 is 9.84 Å². The first-order valence-corrected chi connectivity index (χ1v) is 6.89. The summed E-state index contributed by atoms with van der Waals surface area (Å²) in [4.78, 5) is 2.41. The Hall–Kier alpha value is -1.26. The molecular weight excluding hydrogens is 240 g/mol. The largest absolute Gasteiger partial charge is 0.508 e. The lowest BCUT2D eigenvalue weighted by atomic mass is 10.0. The number of nitrogens with two attached hydrogens (primary N) is 1. The molecule has 0 radical (unpaired) electrons. The van der Waals surface area contributed by atoms with E-state index in [0.29, 0.717) is 17.7 Å². The van der Waals surface area contributed by atoms with E-state index in [1.807, 2.05) is 6.07 Å². The van der Waals surface area contributed by atoms with Crippen LogP contribution in [0, 0.1) is 5.92 Å². The second-order valence-electron chi connectivity index (χ2n) is 5.48. The van der Waals surface area contributed by atoms with Crippen molar-refractivity contribution in [2.45, 2.75) is 32.4 Å². The lowest BCUT2D eigenvalue weighted by Crippen LogP contribution is -2.30. The zero-order chi connectivity index (χ0) is 14.0. The number of likely N-dealkylation sites (tertiary alicyclic amines) is 1. The number of phenols is 1. The summed E-state index contributed by atoms with van der Waals surface area (Å²) < 4.78 is 5.24. The molecule has 1 aliphatic rings. The van der Waals surface area contributed by atoms with E-state index in [1.54, 1.807) is 19.2 Å². The molecule has 2 rings (SSSR count). The van der Waals surface area contributed by atoms with E-state index in [-0.39, 0.29) is 6.04 Å². The Balaban J connectivity index is 2.21. The van der Waals surface area contributed by atoms with Crippen molar-refractivity contribution in [1.82, 2.24) is 4.90 Å². The van der Waals surface area contributed by atoms with Gasteiger partial charge < -0.3 is 15.6 Å². The molecule has 3 unspecified atom stereocenters. The standard InChI is InChI=1S/C15H24N2O2/c1-10-6-12(8-16)9-17(10)11(2)14-7-13(19-3)4-5-15(14)18/h4-5,7,10-12,18H,6,8-9,16H2,1-3H3. The zero-order valence-corrected chi connectivity index (χ0v) is 12.0.